The lowest BCUT2D eigenvalue weighted by Gasteiger charge is -2.06. The van der Waals surface area contributed by atoms with Crippen LogP contribution in [0.25, 0.3) is 10.8 Å². The van der Waals surface area contributed by atoms with Crippen LogP contribution in [0.2, 0.25) is 0 Å². The fourth-order valence-electron chi connectivity index (χ4n) is 3.59. The third-order valence-corrected chi connectivity index (χ3v) is 5.08. The van der Waals surface area contributed by atoms with E-state index in [1.54, 1.807) is 0 Å². The van der Waals surface area contributed by atoms with Crippen LogP contribution in [0.3, 0.4) is 0 Å². The quantitative estimate of drug-likeness (QED) is 0.329. The van der Waals surface area contributed by atoms with Crippen LogP contribution < -0.4 is 0 Å². The van der Waals surface area contributed by atoms with Crippen LogP contribution in [0.5, 0.6) is 0 Å². The third kappa shape index (κ3) is 7.07. The molecule has 0 aliphatic carbocycles. The fourth-order valence-corrected chi connectivity index (χ4v) is 3.59. The molecule has 0 aromatic heterocycles. The van der Waals surface area contributed by atoms with Crippen molar-refractivity contribution in [2.75, 3.05) is 0 Å². The van der Waals surface area contributed by atoms with E-state index in [1.165, 1.54) is 93.4 Å². The molecule has 2 aromatic rings. The van der Waals surface area contributed by atoms with Gasteiger partial charge in [-0.2, -0.15) is 0 Å². The Kier molecular flexibility index (Phi) is 9.61. The van der Waals surface area contributed by atoms with Crippen molar-refractivity contribution in [1.29, 1.82) is 0 Å². The highest BCUT2D eigenvalue weighted by molar-refractivity contribution is 5.85. The molecular weight excluding hydrogens is 288 g/mol. The van der Waals surface area contributed by atoms with Gasteiger partial charge in [0.15, 0.2) is 0 Å². The van der Waals surface area contributed by atoms with Gasteiger partial charge in [0.25, 0.3) is 0 Å². The predicted octanol–water partition coefficient (Wildman–Crippen LogP) is 7.90. The van der Waals surface area contributed by atoms with Gasteiger partial charge < -0.3 is 0 Å². The van der Waals surface area contributed by atoms with Gasteiger partial charge in [-0.25, -0.2) is 0 Å². The third-order valence-electron chi connectivity index (χ3n) is 5.08. The number of fused-ring (bicyclic) bond motifs is 1. The molecule has 2 aromatic carbocycles. The second-order valence-electron chi connectivity index (χ2n) is 7.13. The van der Waals surface area contributed by atoms with Gasteiger partial charge in [0, 0.05) is 0 Å². The topological polar surface area (TPSA) is 0 Å². The molecule has 0 bridgehead atoms. The predicted molar refractivity (Wildman–Crippen MR) is 108 cm³/mol. The highest BCUT2D eigenvalue weighted by atomic mass is 14.1. The highest BCUT2D eigenvalue weighted by Gasteiger charge is 2.00. The molecule has 0 heterocycles. The number of rotatable bonds is 13. The van der Waals surface area contributed by atoms with Crippen molar-refractivity contribution in [1.82, 2.24) is 0 Å². The van der Waals surface area contributed by atoms with Crippen LogP contribution in [-0.4, -0.2) is 0 Å². The van der Waals surface area contributed by atoms with Gasteiger partial charge in [-0.05, 0) is 29.2 Å². The summed E-state index contributed by atoms with van der Waals surface area (Å²) in [4.78, 5) is 0. The maximum atomic E-state index is 3.90. The van der Waals surface area contributed by atoms with Gasteiger partial charge >= 0.3 is 0 Å². The number of unbranched alkanes of at least 4 members (excludes halogenated alkanes) is 11. The summed E-state index contributed by atoms with van der Waals surface area (Å²) in [5, 5.41) is 2.82. The maximum absolute atomic E-state index is 3.90. The lowest BCUT2D eigenvalue weighted by atomic mass is 9.99. The van der Waals surface area contributed by atoms with E-state index in [0.29, 0.717) is 0 Å². The largest absolute Gasteiger partial charge is 0.0616 e. The Morgan fingerprint density at radius 1 is 0.542 bits per heavy atom. The fraction of sp³-hybridized carbons (Fsp3) is 0.542. The Hall–Kier alpha value is -1.30. The van der Waals surface area contributed by atoms with Crippen LogP contribution >= 0.6 is 0 Å². The Labute approximate surface area is 149 Å². The first-order valence-electron chi connectivity index (χ1n) is 10.2. The minimum Gasteiger partial charge on any atom is -0.0616 e. The van der Waals surface area contributed by atoms with Crippen molar-refractivity contribution < 1.29 is 0 Å². The SMILES string of the molecule is [CH2]CCCCCCCCCCCCCc1cccc2ccccc12. The zero-order chi connectivity index (χ0) is 16.9. The average molecular weight is 324 g/mol. The summed E-state index contributed by atoms with van der Waals surface area (Å²) >= 11 is 0. The molecule has 24 heavy (non-hydrogen) atoms. The smallest absolute Gasteiger partial charge is 0.0152 e. The average Bonchev–Trinajstić information content (AvgIpc) is 2.63. The zero-order valence-corrected chi connectivity index (χ0v) is 15.4. The second kappa shape index (κ2) is 12.1. The van der Waals surface area contributed by atoms with Crippen molar-refractivity contribution >= 4 is 10.8 Å². The normalized spacial score (nSPS) is 11.2. The van der Waals surface area contributed by atoms with Gasteiger partial charge in [-0.1, -0.05) is 120 Å². The van der Waals surface area contributed by atoms with E-state index in [1.807, 2.05) is 0 Å². The van der Waals surface area contributed by atoms with Crippen molar-refractivity contribution in [3.8, 4) is 0 Å². The van der Waals surface area contributed by atoms with Gasteiger partial charge in [-0.15, -0.1) is 0 Å². The van der Waals surface area contributed by atoms with Crippen LogP contribution in [0.1, 0.15) is 82.6 Å². The standard InChI is InChI=1S/C24H35/c1-2-3-4-5-6-7-8-9-10-11-12-13-17-22-19-16-20-23-18-14-15-21-24(22)23/h14-16,18-21H,1-13,17H2. The first-order valence-corrected chi connectivity index (χ1v) is 10.2. The van der Waals surface area contributed by atoms with Crippen LogP contribution in [0, 0.1) is 6.92 Å². The lowest BCUT2D eigenvalue weighted by molar-refractivity contribution is 0.546. The molecule has 0 aliphatic rings. The lowest BCUT2D eigenvalue weighted by Crippen LogP contribution is -1.88. The zero-order valence-electron chi connectivity index (χ0n) is 15.4. The Morgan fingerprint density at radius 3 is 1.75 bits per heavy atom. The minimum absolute atomic E-state index is 1.11. The summed E-state index contributed by atoms with van der Waals surface area (Å²) < 4.78 is 0. The summed E-state index contributed by atoms with van der Waals surface area (Å²) in [5.74, 6) is 0. The second-order valence-corrected chi connectivity index (χ2v) is 7.13. The molecule has 0 unspecified atom stereocenters. The molecule has 0 spiro atoms. The first-order chi connectivity index (χ1) is 11.9. The van der Waals surface area contributed by atoms with Crippen molar-refractivity contribution in [2.24, 2.45) is 0 Å². The van der Waals surface area contributed by atoms with Gasteiger partial charge in [0.05, 0.1) is 0 Å². The molecule has 0 N–H and O–H groups in total. The molecular formula is C24H35. The van der Waals surface area contributed by atoms with Crippen molar-refractivity contribution in [2.45, 2.75) is 83.5 Å². The number of aryl methyl sites for hydroxylation is 1. The summed E-state index contributed by atoms with van der Waals surface area (Å²) in [5.41, 5.74) is 1.52. The van der Waals surface area contributed by atoms with E-state index in [0.717, 1.165) is 6.42 Å². The molecule has 131 valence electrons. The highest BCUT2D eigenvalue weighted by Crippen LogP contribution is 2.21. The molecule has 0 saturated heterocycles. The molecule has 2 rings (SSSR count). The van der Waals surface area contributed by atoms with E-state index in [4.69, 9.17) is 0 Å². The van der Waals surface area contributed by atoms with Crippen molar-refractivity contribution in [3.63, 3.8) is 0 Å². The number of hydrogen-bond acceptors (Lipinski definition) is 0. The Bertz CT molecular complexity index is 549. The molecule has 1 radical (unpaired) electrons. The monoisotopic (exact) mass is 323 g/mol. The Morgan fingerprint density at radius 2 is 1.08 bits per heavy atom. The van der Waals surface area contributed by atoms with Crippen LogP contribution in [0.4, 0.5) is 0 Å². The van der Waals surface area contributed by atoms with Gasteiger partial charge in [-0.3, -0.25) is 0 Å². The first kappa shape index (κ1) is 19.0. The summed E-state index contributed by atoms with van der Waals surface area (Å²) in [6.45, 7) is 3.90. The van der Waals surface area contributed by atoms with E-state index >= 15 is 0 Å². The van der Waals surface area contributed by atoms with E-state index in [2.05, 4.69) is 49.4 Å². The maximum Gasteiger partial charge on any atom is -0.0152 e. The Balaban J connectivity index is 1.49. The molecule has 0 nitrogen and oxygen atoms in total. The molecule has 0 amide bonds. The van der Waals surface area contributed by atoms with Gasteiger partial charge in [0.1, 0.15) is 0 Å². The van der Waals surface area contributed by atoms with E-state index < -0.39 is 0 Å². The minimum atomic E-state index is 1.11. The number of hydrogen-bond donors (Lipinski definition) is 0. The van der Waals surface area contributed by atoms with Crippen LogP contribution in [0.15, 0.2) is 42.5 Å². The summed E-state index contributed by atoms with van der Waals surface area (Å²) in [6, 6.07) is 15.5. The van der Waals surface area contributed by atoms with Gasteiger partial charge in [0.2, 0.25) is 0 Å². The number of benzene rings is 2. The van der Waals surface area contributed by atoms with E-state index in [-0.39, 0.29) is 0 Å². The van der Waals surface area contributed by atoms with Crippen LogP contribution in [-0.2, 0) is 6.42 Å². The summed E-state index contributed by atoms with van der Waals surface area (Å²) in [6.07, 6.45) is 17.7. The molecule has 0 heteroatoms. The van der Waals surface area contributed by atoms with Crippen molar-refractivity contribution in [3.05, 3.63) is 55.0 Å². The van der Waals surface area contributed by atoms with E-state index in [9.17, 15) is 0 Å². The molecule has 0 fully saturated rings. The summed E-state index contributed by atoms with van der Waals surface area (Å²) in [7, 11) is 0. The molecule has 0 aliphatic heterocycles. The molecule has 0 atom stereocenters. The molecule has 0 saturated carbocycles.